The van der Waals surface area contributed by atoms with Crippen LogP contribution in [0.2, 0.25) is 0 Å². The van der Waals surface area contributed by atoms with Crippen molar-refractivity contribution < 1.29 is 9.53 Å². The summed E-state index contributed by atoms with van der Waals surface area (Å²) < 4.78 is 4.41. The summed E-state index contributed by atoms with van der Waals surface area (Å²) in [7, 11) is 1.35. The summed E-state index contributed by atoms with van der Waals surface area (Å²) in [4.78, 5) is 17.7. The number of amides is 1. The molecule has 5 heteroatoms. The summed E-state index contributed by atoms with van der Waals surface area (Å²) in [5.41, 5.74) is 0. The van der Waals surface area contributed by atoms with Crippen molar-refractivity contribution in [3.8, 4) is 0 Å². The average Bonchev–Trinajstić information content (AvgIpc) is 2.64. The van der Waals surface area contributed by atoms with Crippen LogP contribution in [0.25, 0.3) is 0 Å². The van der Waals surface area contributed by atoms with Crippen LogP contribution in [0.1, 0.15) is 12.2 Å². The summed E-state index contributed by atoms with van der Waals surface area (Å²) in [5.74, 6) is 0.937. The van der Waals surface area contributed by atoms with Gasteiger partial charge in [-0.1, -0.05) is 0 Å². The third kappa shape index (κ3) is 3.59. The highest BCUT2D eigenvalue weighted by Crippen LogP contribution is 1.93. The van der Waals surface area contributed by atoms with Crippen LogP contribution in [0.5, 0.6) is 0 Å². The maximum Gasteiger partial charge on any atom is 0.406 e. The molecule has 2 N–H and O–H groups in total. The number of carbonyl (C=O) groups excluding carboxylic acids is 1. The molecular formula is C8H13N3O2. The van der Waals surface area contributed by atoms with Crippen molar-refractivity contribution in [3.63, 3.8) is 0 Å². The molecule has 0 spiro atoms. The standard InChI is InChI=1S/C8H13N3O2/c1-13-8(12)11-4-2-3-7-9-5-6-10-7/h5-6H,2-4H2,1H3,(H,9,10)(H,11,12). The molecule has 1 heterocycles. The minimum atomic E-state index is -0.389. The first-order valence-corrected chi connectivity index (χ1v) is 4.13. The first-order valence-electron chi connectivity index (χ1n) is 4.13. The van der Waals surface area contributed by atoms with Gasteiger partial charge in [-0.3, -0.25) is 0 Å². The Hall–Kier alpha value is -1.52. The molecule has 0 fully saturated rings. The lowest BCUT2D eigenvalue weighted by Crippen LogP contribution is -2.24. The Morgan fingerprint density at radius 1 is 1.77 bits per heavy atom. The Bertz CT molecular complexity index is 246. The molecular weight excluding hydrogens is 170 g/mol. The SMILES string of the molecule is COC(=O)NCCCc1ncc[nH]1. The first-order chi connectivity index (χ1) is 6.33. The number of rotatable bonds is 4. The van der Waals surface area contributed by atoms with E-state index in [2.05, 4.69) is 20.0 Å². The summed E-state index contributed by atoms with van der Waals surface area (Å²) in [5, 5.41) is 2.59. The average molecular weight is 183 g/mol. The molecule has 1 aromatic rings. The fourth-order valence-corrected chi connectivity index (χ4v) is 0.953. The van der Waals surface area contributed by atoms with Gasteiger partial charge in [0, 0.05) is 25.4 Å². The fourth-order valence-electron chi connectivity index (χ4n) is 0.953. The van der Waals surface area contributed by atoms with Crippen molar-refractivity contribution in [2.75, 3.05) is 13.7 Å². The topological polar surface area (TPSA) is 67.0 Å². The van der Waals surface area contributed by atoms with Gasteiger partial charge in [0.15, 0.2) is 0 Å². The van der Waals surface area contributed by atoms with Gasteiger partial charge in [0.25, 0.3) is 0 Å². The van der Waals surface area contributed by atoms with Crippen LogP contribution in [0, 0.1) is 0 Å². The monoisotopic (exact) mass is 183 g/mol. The highest BCUT2D eigenvalue weighted by Gasteiger charge is 1.97. The van der Waals surface area contributed by atoms with Gasteiger partial charge >= 0.3 is 6.09 Å². The van der Waals surface area contributed by atoms with E-state index in [9.17, 15) is 4.79 Å². The molecule has 0 atom stereocenters. The molecule has 0 radical (unpaired) electrons. The molecule has 0 aliphatic heterocycles. The van der Waals surface area contributed by atoms with Crippen molar-refractivity contribution in [2.45, 2.75) is 12.8 Å². The van der Waals surface area contributed by atoms with E-state index in [1.807, 2.05) is 0 Å². The maximum absolute atomic E-state index is 10.6. The zero-order valence-electron chi connectivity index (χ0n) is 7.54. The number of aromatic amines is 1. The zero-order chi connectivity index (χ0) is 9.52. The van der Waals surface area contributed by atoms with Gasteiger partial charge in [-0.2, -0.15) is 0 Å². The largest absolute Gasteiger partial charge is 0.453 e. The second kappa shape index (κ2) is 5.18. The predicted molar refractivity (Wildman–Crippen MR) is 47.3 cm³/mol. The van der Waals surface area contributed by atoms with Crippen LogP contribution in [-0.2, 0) is 11.2 Å². The molecule has 1 rings (SSSR count). The number of hydrogen-bond donors (Lipinski definition) is 2. The van der Waals surface area contributed by atoms with E-state index >= 15 is 0 Å². The van der Waals surface area contributed by atoms with Crippen molar-refractivity contribution in [1.29, 1.82) is 0 Å². The third-order valence-electron chi connectivity index (χ3n) is 1.60. The molecule has 0 saturated heterocycles. The molecule has 0 aromatic carbocycles. The van der Waals surface area contributed by atoms with Crippen LogP contribution in [0.4, 0.5) is 4.79 Å². The van der Waals surface area contributed by atoms with E-state index in [0.717, 1.165) is 18.7 Å². The maximum atomic E-state index is 10.6. The summed E-state index contributed by atoms with van der Waals surface area (Å²) >= 11 is 0. The quantitative estimate of drug-likeness (QED) is 0.675. The van der Waals surface area contributed by atoms with E-state index < -0.39 is 0 Å². The Balaban J connectivity index is 2.05. The minimum absolute atomic E-state index is 0.389. The number of hydrogen-bond acceptors (Lipinski definition) is 3. The second-order valence-electron chi connectivity index (χ2n) is 2.56. The summed E-state index contributed by atoms with van der Waals surface area (Å²) in [6, 6.07) is 0. The Morgan fingerprint density at radius 3 is 3.23 bits per heavy atom. The smallest absolute Gasteiger partial charge is 0.406 e. The van der Waals surface area contributed by atoms with Gasteiger partial charge in [-0.25, -0.2) is 9.78 Å². The molecule has 13 heavy (non-hydrogen) atoms. The number of aryl methyl sites for hydroxylation is 1. The Morgan fingerprint density at radius 2 is 2.62 bits per heavy atom. The number of carbonyl (C=O) groups is 1. The van der Waals surface area contributed by atoms with E-state index in [1.165, 1.54) is 7.11 Å². The van der Waals surface area contributed by atoms with Crippen molar-refractivity contribution in [3.05, 3.63) is 18.2 Å². The van der Waals surface area contributed by atoms with Crippen molar-refractivity contribution in [2.24, 2.45) is 0 Å². The van der Waals surface area contributed by atoms with Gasteiger partial charge < -0.3 is 15.0 Å². The molecule has 0 unspecified atom stereocenters. The summed E-state index contributed by atoms with van der Waals surface area (Å²) in [6.45, 7) is 0.605. The highest BCUT2D eigenvalue weighted by atomic mass is 16.5. The predicted octanol–water partition coefficient (Wildman–Crippen LogP) is 0.698. The zero-order valence-corrected chi connectivity index (χ0v) is 7.54. The Kier molecular flexibility index (Phi) is 3.81. The van der Waals surface area contributed by atoms with Gasteiger partial charge in [0.05, 0.1) is 7.11 Å². The lowest BCUT2D eigenvalue weighted by Gasteiger charge is -2.01. The lowest BCUT2D eigenvalue weighted by atomic mass is 10.3. The van der Waals surface area contributed by atoms with Gasteiger partial charge in [-0.15, -0.1) is 0 Å². The van der Waals surface area contributed by atoms with Crippen LogP contribution in [-0.4, -0.2) is 29.7 Å². The lowest BCUT2D eigenvalue weighted by molar-refractivity contribution is 0.171. The number of methoxy groups -OCH3 is 1. The molecule has 0 saturated carbocycles. The molecule has 1 aromatic heterocycles. The van der Waals surface area contributed by atoms with Crippen LogP contribution < -0.4 is 5.32 Å². The number of nitrogens with zero attached hydrogens (tertiary/aromatic N) is 1. The normalized spacial score (nSPS) is 9.62. The fraction of sp³-hybridized carbons (Fsp3) is 0.500. The minimum Gasteiger partial charge on any atom is -0.453 e. The number of H-pyrrole nitrogens is 1. The number of imidazole rings is 1. The number of ether oxygens (including phenoxy) is 1. The second-order valence-corrected chi connectivity index (χ2v) is 2.56. The van der Waals surface area contributed by atoms with E-state index in [0.29, 0.717) is 6.54 Å². The third-order valence-corrected chi connectivity index (χ3v) is 1.60. The van der Waals surface area contributed by atoms with Crippen LogP contribution in [0.3, 0.4) is 0 Å². The molecule has 0 bridgehead atoms. The molecule has 0 aliphatic carbocycles. The van der Waals surface area contributed by atoms with Gasteiger partial charge in [0.1, 0.15) is 5.82 Å². The first kappa shape index (κ1) is 9.57. The van der Waals surface area contributed by atoms with Crippen LogP contribution in [0.15, 0.2) is 12.4 Å². The number of nitrogens with one attached hydrogen (secondary N) is 2. The molecule has 1 amide bonds. The van der Waals surface area contributed by atoms with Crippen molar-refractivity contribution >= 4 is 6.09 Å². The number of alkyl carbamates (subject to hydrolysis) is 1. The van der Waals surface area contributed by atoms with Crippen LogP contribution >= 0.6 is 0 Å². The van der Waals surface area contributed by atoms with E-state index in [-0.39, 0.29) is 6.09 Å². The molecule has 5 nitrogen and oxygen atoms in total. The number of aromatic nitrogens is 2. The molecule has 72 valence electrons. The van der Waals surface area contributed by atoms with Gasteiger partial charge in [-0.05, 0) is 6.42 Å². The van der Waals surface area contributed by atoms with E-state index in [1.54, 1.807) is 12.4 Å². The Labute approximate surface area is 76.5 Å². The van der Waals surface area contributed by atoms with Crippen molar-refractivity contribution in [1.82, 2.24) is 15.3 Å². The highest BCUT2D eigenvalue weighted by molar-refractivity contribution is 5.66. The van der Waals surface area contributed by atoms with Gasteiger partial charge in [0.2, 0.25) is 0 Å². The summed E-state index contributed by atoms with van der Waals surface area (Å²) in [6.07, 6.45) is 4.78. The molecule has 0 aliphatic rings. The van der Waals surface area contributed by atoms with E-state index in [4.69, 9.17) is 0 Å².